The van der Waals surface area contributed by atoms with Crippen LogP contribution in [0.15, 0.2) is 122 Å². The summed E-state index contributed by atoms with van der Waals surface area (Å²) in [6.07, 6.45) is 3.60. The highest BCUT2D eigenvalue weighted by Gasteiger charge is 2.33. The van der Waals surface area contributed by atoms with Gasteiger partial charge in [0.05, 0.1) is 6.04 Å². The molecule has 0 aliphatic rings. The van der Waals surface area contributed by atoms with Crippen molar-refractivity contribution in [3.63, 3.8) is 0 Å². The van der Waals surface area contributed by atoms with Gasteiger partial charge in [0.1, 0.15) is 24.2 Å². The molecule has 2 aromatic heterocycles. The van der Waals surface area contributed by atoms with E-state index in [2.05, 4.69) is 43.9 Å². The Balaban J connectivity index is 1.28. The van der Waals surface area contributed by atoms with Gasteiger partial charge < -0.3 is 42.1 Å². The standard InChI is InChI=1S/C43H45N7O6S/c44-32(25-57)39(51)47-35(19-26-11-3-1-4-12-26)40(52)49-37(21-28-23-45-33-17-9-7-15-30(28)33)42(54)48-36(20-27-13-5-2-6-14-27)41(53)50-38(43(55)56)22-29-24-46-34-18-10-8-16-31(29)34/h1-18,23-24,32,35-38,45-46,57H,19-22,25,44H2,(H,47,51)(H,48,54)(H,49,52)(H,50,53)(H,55,56)/t32-,35-,36-,37-,38-/m0/s1. The lowest BCUT2D eigenvalue weighted by atomic mass is 10.00. The molecule has 6 aromatic rings. The number of fused-ring (bicyclic) bond motifs is 2. The fourth-order valence-electron chi connectivity index (χ4n) is 6.75. The van der Waals surface area contributed by atoms with Crippen LogP contribution in [0.2, 0.25) is 0 Å². The van der Waals surface area contributed by atoms with Crippen LogP contribution >= 0.6 is 12.6 Å². The maximum Gasteiger partial charge on any atom is 0.326 e. The average molecular weight is 788 g/mol. The molecule has 14 heteroatoms. The number of aromatic nitrogens is 2. The number of aromatic amines is 2. The van der Waals surface area contributed by atoms with E-state index in [1.807, 2.05) is 84.9 Å². The van der Waals surface area contributed by atoms with Gasteiger partial charge in [-0.15, -0.1) is 0 Å². The lowest BCUT2D eigenvalue weighted by Crippen LogP contribution is -2.59. The van der Waals surface area contributed by atoms with Crippen LogP contribution in [0, 0.1) is 0 Å². The van der Waals surface area contributed by atoms with Crippen molar-refractivity contribution in [2.75, 3.05) is 5.75 Å². The van der Waals surface area contributed by atoms with E-state index in [9.17, 15) is 29.1 Å². The number of hydrogen-bond acceptors (Lipinski definition) is 7. The number of amides is 4. The molecular formula is C43H45N7O6S. The Morgan fingerprint density at radius 3 is 1.33 bits per heavy atom. The zero-order valence-corrected chi connectivity index (χ0v) is 31.9. The van der Waals surface area contributed by atoms with Crippen molar-refractivity contribution in [3.05, 3.63) is 144 Å². The minimum absolute atomic E-state index is 0.0122. The van der Waals surface area contributed by atoms with Crippen LogP contribution in [0.5, 0.6) is 0 Å². The number of nitrogens with one attached hydrogen (secondary N) is 6. The van der Waals surface area contributed by atoms with E-state index in [0.717, 1.165) is 32.9 Å². The number of carboxylic acid groups (broad SMARTS) is 1. The topological polar surface area (TPSA) is 211 Å². The fourth-order valence-corrected chi connectivity index (χ4v) is 6.91. The van der Waals surface area contributed by atoms with Gasteiger partial charge >= 0.3 is 5.97 Å². The van der Waals surface area contributed by atoms with Gasteiger partial charge in [0.25, 0.3) is 0 Å². The number of carbonyl (C=O) groups excluding carboxylic acids is 4. The van der Waals surface area contributed by atoms with Crippen molar-refractivity contribution in [3.8, 4) is 0 Å². The molecule has 0 saturated heterocycles. The van der Waals surface area contributed by atoms with Crippen LogP contribution in [0.25, 0.3) is 21.8 Å². The summed E-state index contributed by atoms with van der Waals surface area (Å²) in [5.41, 5.74) is 10.5. The Bertz CT molecular complexity index is 2330. The van der Waals surface area contributed by atoms with Crippen LogP contribution in [-0.2, 0) is 49.7 Å². The molecule has 0 spiro atoms. The molecule has 57 heavy (non-hydrogen) atoms. The van der Waals surface area contributed by atoms with Gasteiger partial charge in [0, 0.05) is 65.6 Å². The number of rotatable bonds is 18. The van der Waals surface area contributed by atoms with Crippen LogP contribution < -0.4 is 27.0 Å². The predicted octanol–water partition coefficient (Wildman–Crippen LogP) is 3.20. The average Bonchev–Trinajstić information content (AvgIpc) is 3.83. The van der Waals surface area contributed by atoms with Crippen molar-refractivity contribution < 1.29 is 29.1 Å². The van der Waals surface area contributed by atoms with Gasteiger partial charge in [0.2, 0.25) is 23.6 Å². The Morgan fingerprint density at radius 1 is 0.526 bits per heavy atom. The molecule has 9 N–H and O–H groups in total. The van der Waals surface area contributed by atoms with E-state index in [0.29, 0.717) is 11.1 Å². The number of aliphatic carboxylic acids is 1. The zero-order valence-electron chi connectivity index (χ0n) is 31.0. The second kappa shape index (κ2) is 19.0. The summed E-state index contributed by atoms with van der Waals surface area (Å²) in [4.78, 5) is 74.6. The summed E-state index contributed by atoms with van der Waals surface area (Å²) < 4.78 is 0. The largest absolute Gasteiger partial charge is 0.480 e. The van der Waals surface area contributed by atoms with E-state index in [1.54, 1.807) is 36.7 Å². The molecular weight excluding hydrogens is 743 g/mol. The Labute approximate surface area is 334 Å². The quantitative estimate of drug-likeness (QED) is 0.0594. The van der Waals surface area contributed by atoms with Crippen molar-refractivity contribution in [1.82, 2.24) is 31.2 Å². The summed E-state index contributed by atoms with van der Waals surface area (Å²) in [7, 11) is 0. The molecule has 4 aromatic carbocycles. The number of para-hydroxylation sites is 2. The fraction of sp³-hybridized carbons (Fsp3) is 0.233. The van der Waals surface area contributed by atoms with Gasteiger partial charge in [0.15, 0.2) is 0 Å². The molecule has 2 heterocycles. The first-order valence-corrected chi connectivity index (χ1v) is 19.2. The third-order valence-corrected chi connectivity index (χ3v) is 10.2. The Hall–Kier alpha value is -6.38. The molecule has 6 rings (SSSR count). The predicted molar refractivity (Wildman–Crippen MR) is 221 cm³/mol. The van der Waals surface area contributed by atoms with E-state index < -0.39 is 59.8 Å². The zero-order chi connectivity index (χ0) is 40.3. The summed E-state index contributed by atoms with van der Waals surface area (Å²) >= 11 is 4.13. The molecule has 13 nitrogen and oxygen atoms in total. The van der Waals surface area contributed by atoms with Crippen LogP contribution in [0.1, 0.15) is 22.3 Å². The molecule has 5 atom stereocenters. The van der Waals surface area contributed by atoms with Gasteiger partial charge in [-0.3, -0.25) is 19.2 Å². The number of benzene rings is 4. The molecule has 0 radical (unpaired) electrons. The van der Waals surface area contributed by atoms with Crippen LogP contribution in [0.4, 0.5) is 0 Å². The van der Waals surface area contributed by atoms with Crippen molar-refractivity contribution in [1.29, 1.82) is 0 Å². The van der Waals surface area contributed by atoms with Crippen molar-refractivity contribution >= 4 is 64.0 Å². The number of thiol groups is 1. The molecule has 0 aliphatic heterocycles. The van der Waals surface area contributed by atoms with Crippen LogP contribution in [0.3, 0.4) is 0 Å². The van der Waals surface area contributed by atoms with Crippen LogP contribution in [-0.4, -0.2) is 80.6 Å². The summed E-state index contributed by atoms with van der Waals surface area (Å²) in [5.74, 6) is -3.83. The molecule has 0 fully saturated rings. The lowest BCUT2D eigenvalue weighted by Gasteiger charge is -2.27. The maximum absolute atomic E-state index is 14.5. The third kappa shape index (κ3) is 10.5. The normalized spacial score (nSPS) is 13.9. The minimum Gasteiger partial charge on any atom is -0.480 e. The molecule has 294 valence electrons. The second-order valence-electron chi connectivity index (χ2n) is 13.9. The van der Waals surface area contributed by atoms with E-state index in [4.69, 9.17) is 5.73 Å². The molecule has 4 amide bonds. The molecule has 0 aliphatic carbocycles. The van der Waals surface area contributed by atoms with Crippen molar-refractivity contribution in [2.45, 2.75) is 55.9 Å². The molecule has 0 bridgehead atoms. The Morgan fingerprint density at radius 2 is 0.895 bits per heavy atom. The summed E-state index contributed by atoms with van der Waals surface area (Å²) in [6, 6.07) is 27.2. The smallest absolute Gasteiger partial charge is 0.326 e. The first kappa shape index (κ1) is 40.3. The first-order valence-electron chi connectivity index (χ1n) is 18.6. The molecule has 0 unspecified atom stereocenters. The number of nitrogens with two attached hydrogens (primary N) is 1. The highest BCUT2D eigenvalue weighted by atomic mass is 32.1. The highest BCUT2D eigenvalue weighted by molar-refractivity contribution is 7.80. The van der Waals surface area contributed by atoms with Gasteiger partial charge in [-0.25, -0.2) is 4.79 Å². The number of hydrogen-bond donors (Lipinski definition) is 9. The van der Waals surface area contributed by atoms with Gasteiger partial charge in [-0.2, -0.15) is 12.6 Å². The van der Waals surface area contributed by atoms with Gasteiger partial charge in [-0.05, 0) is 34.4 Å². The second-order valence-corrected chi connectivity index (χ2v) is 14.2. The van der Waals surface area contributed by atoms with Crippen molar-refractivity contribution in [2.24, 2.45) is 5.73 Å². The van der Waals surface area contributed by atoms with E-state index in [-0.39, 0.29) is 31.4 Å². The van der Waals surface area contributed by atoms with Gasteiger partial charge in [-0.1, -0.05) is 97.1 Å². The minimum atomic E-state index is -1.32. The van der Waals surface area contributed by atoms with E-state index >= 15 is 0 Å². The monoisotopic (exact) mass is 787 g/mol. The van der Waals surface area contributed by atoms with E-state index in [1.165, 1.54) is 0 Å². The summed E-state index contributed by atoms with van der Waals surface area (Å²) in [5, 5.41) is 22.9. The highest BCUT2D eigenvalue weighted by Crippen LogP contribution is 2.21. The maximum atomic E-state index is 14.5. The number of carboxylic acids is 1. The third-order valence-electron chi connectivity index (χ3n) is 9.81. The Kier molecular flexibility index (Phi) is 13.4. The summed E-state index contributed by atoms with van der Waals surface area (Å²) in [6.45, 7) is 0. The number of carbonyl (C=O) groups is 5. The first-order chi connectivity index (χ1) is 27.6. The lowest BCUT2D eigenvalue weighted by molar-refractivity contribution is -0.142. The molecule has 0 saturated carbocycles. The SMILES string of the molecule is N[C@@H](CS)C(=O)N[C@@H](Cc1ccccc1)C(=O)N[C@@H](Cc1c[nH]c2ccccc12)C(=O)N[C@@H](Cc1ccccc1)C(=O)N[C@@H](Cc1c[nH]c2ccccc12)C(=O)O. The number of H-pyrrole nitrogens is 2.